The van der Waals surface area contributed by atoms with E-state index in [0.29, 0.717) is 30.1 Å². The molecule has 3 N–H and O–H groups in total. The topological polar surface area (TPSA) is 167 Å². The van der Waals surface area contributed by atoms with Crippen molar-refractivity contribution in [2.75, 3.05) is 14.2 Å². The zero-order valence-electron chi connectivity index (χ0n) is 34.4. The van der Waals surface area contributed by atoms with Gasteiger partial charge in [0, 0.05) is 24.5 Å². The molecule has 0 amide bonds. The average Bonchev–Trinajstić information content (AvgIpc) is 4.02. The number of methoxy groups -OCH3 is 2. The number of rotatable bonds is 7. The summed E-state index contributed by atoms with van der Waals surface area (Å²) in [6, 6.07) is 28.5. The summed E-state index contributed by atoms with van der Waals surface area (Å²) in [6.45, 7) is 6.55. The predicted molar refractivity (Wildman–Crippen MR) is 228 cm³/mol. The number of benzene rings is 3. The normalized spacial score (nSPS) is 27.8. The second kappa shape index (κ2) is 18.2. The number of alkyl halides is 1. The standard InChI is InChI=1S/C21H19ClO2.C13H18N2O3.C12H16N2O4/c1-23-19-12-8-17(9-13-19)21(22,16-6-4-3-5-7-16)18-10-14-20(24-2)15-11-18;1-7-5-8(2)12-9(7)6-11(18-12)15-4-3-10(16)14-13(15)17;1-6-4-8(15)11-7(6)5-10(18-11)14-3-2-9(16)13-12(14)17/h3-15H,1-2H3;3-4,7-9,11-12H,5-6H2,1-2H3,(H,14,16,17);2-3,6-8,10-11,15H,4-5H2,1H3,(H,13,16,17)/t;7-,8-,9+,11-,12-;6-,7+,8-,10-,11+/m.11/s1. The van der Waals surface area contributed by atoms with Gasteiger partial charge in [0.05, 0.1) is 32.5 Å². The Bertz CT molecular complexity index is 2270. The van der Waals surface area contributed by atoms with Crippen LogP contribution in [0.3, 0.4) is 0 Å². The number of aliphatic hydroxyl groups excluding tert-OH is 1. The Balaban J connectivity index is 0.000000138. The maximum absolute atomic E-state index is 11.7. The monoisotopic (exact) mass is 840 g/mol. The molecule has 0 spiro atoms. The van der Waals surface area contributed by atoms with Crippen LogP contribution < -0.4 is 32.0 Å². The molecule has 318 valence electrons. The van der Waals surface area contributed by atoms with E-state index in [0.717, 1.165) is 41.0 Å². The summed E-state index contributed by atoms with van der Waals surface area (Å²) in [5.74, 6) is 4.02. The van der Waals surface area contributed by atoms with E-state index >= 15 is 0 Å². The SMILES string of the molecule is COc1ccc(C(Cl)(c2ccccc2)c2ccc(OC)cc2)cc1.C[C@@H]1C[C@@H](C)[C@H]2O[C@@H](n3ccc(=O)[nH]c3=O)C[C@H]21.C[C@@H]1C[C@@H](O)[C@H]2O[C@@H](n3ccc(=O)[nH]c3=O)C[C@H]21. The van der Waals surface area contributed by atoms with Gasteiger partial charge >= 0.3 is 11.4 Å². The minimum atomic E-state index is -0.778. The number of hydrogen-bond acceptors (Lipinski definition) is 9. The summed E-state index contributed by atoms with van der Waals surface area (Å²) >= 11 is 7.22. The van der Waals surface area contributed by atoms with Gasteiger partial charge in [-0.1, -0.05) is 75.4 Å². The number of ether oxygens (including phenoxy) is 4. The van der Waals surface area contributed by atoms with E-state index in [2.05, 4.69) is 30.7 Å². The smallest absolute Gasteiger partial charge is 0.330 e. The Morgan fingerprint density at radius 2 is 1.03 bits per heavy atom. The molecule has 10 atom stereocenters. The van der Waals surface area contributed by atoms with E-state index in [1.807, 2.05) is 78.9 Å². The average molecular weight is 841 g/mol. The molecule has 0 radical (unpaired) electrons. The van der Waals surface area contributed by atoms with Gasteiger partial charge in [0.15, 0.2) is 0 Å². The van der Waals surface area contributed by atoms with Crippen LogP contribution in [-0.2, 0) is 14.3 Å². The molecule has 14 heteroatoms. The van der Waals surface area contributed by atoms with Crippen LogP contribution in [0.2, 0.25) is 0 Å². The highest BCUT2D eigenvalue weighted by Crippen LogP contribution is 2.49. The Labute approximate surface area is 352 Å². The summed E-state index contributed by atoms with van der Waals surface area (Å²) in [5.41, 5.74) is 1.37. The van der Waals surface area contributed by atoms with E-state index in [1.54, 1.807) is 14.2 Å². The van der Waals surface area contributed by atoms with E-state index in [-0.39, 0.29) is 41.8 Å². The minimum Gasteiger partial charge on any atom is -0.497 e. The van der Waals surface area contributed by atoms with Gasteiger partial charge in [-0.05, 0) is 96.2 Å². The van der Waals surface area contributed by atoms with Crippen molar-refractivity contribution < 1.29 is 24.1 Å². The van der Waals surface area contributed by atoms with Crippen molar-refractivity contribution in [3.05, 3.63) is 162 Å². The van der Waals surface area contributed by atoms with Crippen molar-refractivity contribution >= 4 is 11.6 Å². The van der Waals surface area contributed by atoms with Crippen molar-refractivity contribution in [2.24, 2.45) is 29.6 Å². The largest absolute Gasteiger partial charge is 0.497 e. The molecule has 13 nitrogen and oxygen atoms in total. The summed E-state index contributed by atoms with van der Waals surface area (Å²) in [5, 5.41) is 9.88. The molecule has 4 fully saturated rings. The van der Waals surface area contributed by atoms with Crippen LogP contribution in [0.25, 0.3) is 0 Å². The molecule has 0 bridgehead atoms. The van der Waals surface area contributed by atoms with Gasteiger partial charge in [-0.3, -0.25) is 28.7 Å². The third-order valence-electron chi connectivity index (χ3n) is 12.6. The summed E-state index contributed by atoms with van der Waals surface area (Å²) in [7, 11) is 3.31. The van der Waals surface area contributed by atoms with Crippen LogP contribution in [0.15, 0.2) is 123 Å². The van der Waals surface area contributed by atoms with Crippen LogP contribution >= 0.6 is 11.6 Å². The van der Waals surface area contributed by atoms with Crippen molar-refractivity contribution in [3.63, 3.8) is 0 Å². The number of aromatic nitrogens is 4. The van der Waals surface area contributed by atoms with Crippen LogP contribution in [-0.4, -0.2) is 56.7 Å². The fourth-order valence-electron chi connectivity index (χ4n) is 9.51. The minimum absolute atomic E-state index is 0.191. The lowest BCUT2D eigenvalue weighted by Crippen LogP contribution is -2.32. The van der Waals surface area contributed by atoms with Crippen molar-refractivity contribution in [3.8, 4) is 11.5 Å². The zero-order chi connectivity index (χ0) is 42.7. The van der Waals surface area contributed by atoms with Gasteiger partial charge in [-0.25, -0.2) is 9.59 Å². The molecule has 2 saturated carbocycles. The summed E-state index contributed by atoms with van der Waals surface area (Å²) in [4.78, 5) is 49.2. The van der Waals surface area contributed by atoms with Gasteiger partial charge in [-0.2, -0.15) is 0 Å². The maximum atomic E-state index is 11.7. The molecule has 4 heterocycles. The first kappa shape index (κ1) is 42.9. The van der Waals surface area contributed by atoms with E-state index < -0.39 is 22.2 Å². The Kier molecular flexibility index (Phi) is 13.0. The highest BCUT2D eigenvalue weighted by Gasteiger charge is 2.49. The van der Waals surface area contributed by atoms with Gasteiger partial charge in [0.1, 0.15) is 28.8 Å². The number of aliphatic hydroxyl groups is 1. The van der Waals surface area contributed by atoms with Crippen LogP contribution in [0.4, 0.5) is 0 Å². The third-order valence-corrected chi connectivity index (χ3v) is 13.3. The summed E-state index contributed by atoms with van der Waals surface area (Å²) < 4.78 is 25.2. The highest BCUT2D eigenvalue weighted by atomic mass is 35.5. The second-order valence-electron chi connectivity index (χ2n) is 16.4. The molecule has 2 saturated heterocycles. The first-order valence-corrected chi connectivity index (χ1v) is 20.8. The molecule has 2 aliphatic carbocycles. The number of aromatic amines is 2. The fourth-order valence-corrected chi connectivity index (χ4v) is 9.89. The van der Waals surface area contributed by atoms with Gasteiger partial charge in [0.2, 0.25) is 0 Å². The first-order valence-electron chi connectivity index (χ1n) is 20.5. The highest BCUT2D eigenvalue weighted by molar-refractivity contribution is 6.28. The molecular weight excluding hydrogens is 788 g/mol. The van der Waals surface area contributed by atoms with Crippen molar-refractivity contribution in [1.29, 1.82) is 0 Å². The van der Waals surface area contributed by atoms with E-state index in [1.165, 1.54) is 40.1 Å². The molecule has 0 unspecified atom stereocenters. The Morgan fingerprint density at radius 1 is 0.600 bits per heavy atom. The Hall–Kier alpha value is -5.21. The maximum Gasteiger partial charge on any atom is 0.330 e. The van der Waals surface area contributed by atoms with Gasteiger partial charge < -0.3 is 24.1 Å². The van der Waals surface area contributed by atoms with E-state index in [4.69, 9.17) is 30.5 Å². The van der Waals surface area contributed by atoms with Crippen LogP contribution in [0.1, 0.15) is 75.6 Å². The number of H-pyrrole nitrogens is 2. The third kappa shape index (κ3) is 8.81. The number of nitrogens with one attached hydrogen (secondary N) is 2. The second-order valence-corrected chi connectivity index (χ2v) is 17.0. The fraction of sp³-hybridized carbons (Fsp3) is 0.435. The number of nitrogens with zero attached hydrogens (tertiary/aromatic N) is 2. The van der Waals surface area contributed by atoms with Crippen molar-refractivity contribution in [1.82, 2.24) is 19.1 Å². The molecule has 3 aromatic carbocycles. The number of hydrogen-bond donors (Lipinski definition) is 3. The number of halogens is 1. The summed E-state index contributed by atoms with van der Waals surface area (Å²) in [6.07, 6.45) is 5.49. The van der Waals surface area contributed by atoms with E-state index in [9.17, 15) is 24.3 Å². The molecule has 2 aromatic heterocycles. The molecule has 4 aliphatic rings. The van der Waals surface area contributed by atoms with Gasteiger partial charge in [0.25, 0.3) is 11.1 Å². The number of fused-ring (bicyclic) bond motifs is 2. The molecule has 60 heavy (non-hydrogen) atoms. The zero-order valence-corrected chi connectivity index (χ0v) is 35.2. The lowest BCUT2D eigenvalue weighted by molar-refractivity contribution is -0.0554. The van der Waals surface area contributed by atoms with Crippen LogP contribution in [0, 0.1) is 29.6 Å². The predicted octanol–water partition coefficient (Wildman–Crippen LogP) is 6.19. The van der Waals surface area contributed by atoms with Crippen molar-refractivity contribution in [2.45, 2.75) is 82.1 Å². The first-order chi connectivity index (χ1) is 28.8. The lowest BCUT2D eigenvalue weighted by atomic mass is 9.84. The lowest BCUT2D eigenvalue weighted by Gasteiger charge is -2.29. The molecular formula is C46H53ClN4O9. The molecule has 5 aromatic rings. The Morgan fingerprint density at radius 3 is 1.47 bits per heavy atom. The quantitative estimate of drug-likeness (QED) is 0.128. The molecule has 9 rings (SSSR count). The molecule has 2 aliphatic heterocycles. The van der Waals surface area contributed by atoms with Crippen LogP contribution in [0.5, 0.6) is 11.5 Å². The van der Waals surface area contributed by atoms with Gasteiger partial charge in [-0.15, -0.1) is 11.6 Å².